The molecule has 1 fully saturated rings. The molecule has 5 atom stereocenters. The van der Waals surface area contributed by atoms with E-state index in [0.717, 1.165) is 0 Å². The largest absolute Gasteiger partial charge is 0.387 e. The van der Waals surface area contributed by atoms with Crippen LogP contribution in [-0.2, 0) is 23.7 Å². The molecule has 1 aliphatic heterocycles. The molecule has 18 heavy (non-hydrogen) atoms. The van der Waals surface area contributed by atoms with E-state index in [1.807, 2.05) is 13.8 Å². The summed E-state index contributed by atoms with van der Waals surface area (Å²) >= 11 is 0. The Hall–Kier alpha value is -0.240. The van der Waals surface area contributed by atoms with E-state index in [-0.39, 0.29) is 6.10 Å². The number of aliphatic hydroxyl groups excluding tert-OH is 1. The summed E-state index contributed by atoms with van der Waals surface area (Å²) < 4.78 is 26.1. The Bertz CT molecular complexity index is 199. The summed E-state index contributed by atoms with van der Waals surface area (Å²) in [7, 11) is 6.07. The average Bonchev–Trinajstić information content (AvgIpc) is 2.41. The summed E-state index contributed by atoms with van der Waals surface area (Å²) in [5.41, 5.74) is 0. The first-order chi connectivity index (χ1) is 8.69. The fraction of sp³-hybridized carbons (Fsp3) is 1.00. The Morgan fingerprint density at radius 1 is 0.944 bits per heavy atom. The number of rotatable bonds is 5. The standard InChI is InChI=1S/C10H20O6.C2H6/c1-12-5-6-8(13-2)7(11)9(14-3)10(15-4)16-6;1-2/h6-11H,5H2,1-4H3;1-2H3/t6-,7+,8-,9+,10-;/m1./s1. The highest BCUT2D eigenvalue weighted by molar-refractivity contribution is 4.90. The lowest BCUT2D eigenvalue weighted by Gasteiger charge is -2.42. The summed E-state index contributed by atoms with van der Waals surface area (Å²) in [4.78, 5) is 0. The maximum Gasteiger partial charge on any atom is 0.186 e. The maximum absolute atomic E-state index is 10.1. The smallest absolute Gasteiger partial charge is 0.186 e. The second-order valence-corrected chi connectivity index (χ2v) is 3.63. The minimum Gasteiger partial charge on any atom is -0.387 e. The van der Waals surface area contributed by atoms with Gasteiger partial charge in [-0.15, -0.1) is 0 Å². The normalized spacial score (nSPS) is 35.8. The summed E-state index contributed by atoms with van der Waals surface area (Å²) in [5, 5.41) is 10.1. The van der Waals surface area contributed by atoms with E-state index in [0.29, 0.717) is 6.61 Å². The van der Waals surface area contributed by atoms with Gasteiger partial charge in [0.2, 0.25) is 0 Å². The molecule has 6 nitrogen and oxygen atoms in total. The van der Waals surface area contributed by atoms with Gasteiger partial charge in [0.05, 0.1) is 6.61 Å². The number of methoxy groups -OCH3 is 4. The number of ether oxygens (including phenoxy) is 5. The first kappa shape index (κ1) is 17.8. The van der Waals surface area contributed by atoms with Crippen molar-refractivity contribution in [1.82, 2.24) is 0 Å². The second-order valence-electron chi connectivity index (χ2n) is 3.63. The fourth-order valence-corrected chi connectivity index (χ4v) is 1.92. The lowest BCUT2D eigenvalue weighted by Crippen LogP contribution is -2.60. The molecule has 1 rings (SSSR count). The van der Waals surface area contributed by atoms with E-state index in [1.54, 1.807) is 7.11 Å². The second kappa shape index (κ2) is 9.66. The van der Waals surface area contributed by atoms with Crippen molar-refractivity contribution < 1.29 is 28.8 Å². The molecule has 0 spiro atoms. The fourth-order valence-electron chi connectivity index (χ4n) is 1.92. The Balaban J connectivity index is 0.00000137. The molecule has 0 bridgehead atoms. The van der Waals surface area contributed by atoms with Crippen molar-refractivity contribution in [2.75, 3.05) is 35.0 Å². The molecule has 0 aliphatic carbocycles. The highest BCUT2D eigenvalue weighted by Gasteiger charge is 2.46. The van der Waals surface area contributed by atoms with Crippen LogP contribution in [0, 0.1) is 0 Å². The van der Waals surface area contributed by atoms with Gasteiger partial charge in [-0.05, 0) is 0 Å². The maximum atomic E-state index is 10.1. The predicted molar refractivity (Wildman–Crippen MR) is 66.5 cm³/mol. The summed E-state index contributed by atoms with van der Waals surface area (Å²) in [5.74, 6) is 0. The van der Waals surface area contributed by atoms with Crippen LogP contribution in [0.15, 0.2) is 0 Å². The third-order valence-electron chi connectivity index (χ3n) is 2.72. The topological polar surface area (TPSA) is 66.4 Å². The number of aliphatic hydroxyl groups is 1. The van der Waals surface area contributed by atoms with E-state index >= 15 is 0 Å². The van der Waals surface area contributed by atoms with Crippen molar-refractivity contribution in [3.8, 4) is 0 Å². The van der Waals surface area contributed by atoms with Gasteiger partial charge in [-0.1, -0.05) is 13.8 Å². The van der Waals surface area contributed by atoms with Crippen molar-refractivity contribution in [3.05, 3.63) is 0 Å². The minimum atomic E-state index is -0.811. The number of hydrogen-bond donors (Lipinski definition) is 1. The van der Waals surface area contributed by atoms with Crippen LogP contribution in [0.3, 0.4) is 0 Å². The van der Waals surface area contributed by atoms with E-state index < -0.39 is 24.6 Å². The summed E-state index contributed by atoms with van der Waals surface area (Å²) in [6.07, 6.45) is -2.86. The molecule has 0 aromatic heterocycles. The zero-order chi connectivity index (χ0) is 14.1. The SMILES string of the molecule is CC.COC[C@H]1O[C@@H](OC)[C@@H](OC)[C@@H](O)[C@@H]1OC. The van der Waals surface area contributed by atoms with Gasteiger partial charge < -0.3 is 28.8 Å². The first-order valence-electron chi connectivity index (χ1n) is 6.10. The Kier molecular flexibility index (Phi) is 9.53. The van der Waals surface area contributed by atoms with Crippen LogP contribution in [0.25, 0.3) is 0 Å². The molecule has 0 aromatic rings. The molecule has 1 N–H and O–H groups in total. The summed E-state index contributed by atoms with van der Waals surface area (Å²) in [6.45, 7) is 4.33. The molecule has 0 saturated carbocycles. The molecular formula is C12H26O6. The Morgan fingerprint density at radius 2 is 1.50 bits per heavy atom. The van der Waals surface area contributed by atoms with Crippen LogP contribution in [-0.4, -0.2) is 70.9 Å². The monoisotopic (exact) mass is 266 g/mol. The number of hydrogen-bond acceptors (Lipinski definition) is 6. The van der Waals surface area contributed by atoms with Crippen molar-refractivity contribution >= 4 is 0 Å². The third kappa shape index (κ3) is 4.15. The van der Waals surface area contributed by atoms with Crippen LogP contribution < -0.4 is 0 Å². The van der Waals surface area contributed by atoms with Gasteiger partial charge in [-0.25, -0.2) is 0 Å². The highest BCUT2D eigenvalue weighted by Crippen LogP contribution is 2.25. The van der Waals surface area contributed by atoms with Gasteiger partial charge >= 0.3 is 0 Å². The lowest BCUT2D eigenvalue weighted by atomic mass is 9.99. The molecule has 0 amide bonds. The third-order valence-corrected chi connectivity index (χ3v) is 2.72. The summed E-state index contributed by atoms with van der Waals surface area (Å²) in [6, 6.07) is 0. The van der Waals surface area contributed by atoms with E-state index in [2.05, 4.69) is 0 Å². The van der Waals surface area contributed by atoms with Gasteiger partial charge in [-0.3, -0.25) is 0 Å². The molecule has 1 saturated heterocycles. The van der Waals surface area contributed by atoms with Crippen molar-refractivity contribution in [2.24, 2.45) is 0 Å². The van der Waals surface area contributed by atoms with E-state index in [9.17, 15) is 5.11 Å². The molecule has 6 heteroatoms. The van der Waals surface area contributed by atoms with E-state index in [1.165, 1.54) is 21.3 Å². The molecule has 1 heterocycles. The Morgan fingerprint density at radius 3 is 1.89 bits per heavy atom. The van der Waals surface area contributed by atoms with Crippen molar-refractivity contribution in [1.29, 1.82) is 0 Å². The molecule has 110 valence electrons. The van der Waals surface area contributed by atoms with Gasteiger partial charge in [0.25, 0.3) is 0 Å². The molecule has 0 radical (unpaired) electrons. The molecule has 0 unspecified atom stereocenters. The van der Waals surface area contributed by atoms with Crippen molar-refractivity contribution in [2.45, 2.75) is 44.6 Å². The average molecular weight is 266 g/mol. The van der Waals surface area contributed by atoms with Crippen LogP contribution in [0.1, 0.15) is 13.8 Å². The molecule has 0 aromatic carbocycles. The van der Waals surface area contributed by atoms with Crippen LogP contribution in [0.5, 0.6) is 0 Å². The van der Waals surface area contributed by atoms with E-state index in [4.69, 9.17) is 23.7 Å². The van der Waals surface area contributed by atoms with Crippen LogP contribution in [0.4, 0.5) is 0 Å². The zero-order valence-electron chi connectivity index (χ0n) is 12.1. The Labute approximate surface area is 109 Å². The van der Waals surface area contributed by atoms with Gasteiger partial charge in [0, 0.05) is 28.4 Å². The first-order valence-corrected chi connectivity index (χ1v) is 6.10. The van der Waals surface area contributed by atoms with Crippen LogP contribution >= 0.6 is 0 Å². The van der Waals surface area contributed by atoms with Gasteiger partial charge in [0.1, 0.15) is 24.4 Å². The highest BCUT2D eigenvalue weighted by atomic mass is 16.7. The molecule has 1 aliphatic rings. The minimum absolute atomic E-state index is 0.325. The molecular weight excluding hydrogens is 240 g/mol. The predicted octanol–water partition coefficient (Wildman–Crippen LogP) is 0.421. The van der Waals surface area contributed by atoms with Crippen molar-refractivity contribution in [3.63, 3.8) is 0 Å². The quantitative estimate of drug-likeness (QED) is 0.778. The lowest BCUT2D eigenvalue weighted by molar-refractivity contribution is -0.303. The van der Waals surface area contributed by atoms with Gasteiger partial charge in [-0.2, -0.15) is 0 Å². The van der Waals surface area contributed by atoms with Gasteiger partial charge in [0.15, 0.2) is 6.29 Å². The zero-order valence-corrected chi connectivity index (χ0v) is 12.1. The van der Waals surface area contributed by atoms with Crippen LogP contribution in [0.2, 0.25) is 0 Å².